The summed E-state index contributed by atoms with van der Waals surface area (Å²) in [5, 5.41) is 7.32. The molecule has 2 aromatic rings. The molecule has 1 unspecified atom stereocenters. The molecule has 1 N–H and O–H groups in total. The standard InChI is InChI=1S/C25H31NO3.C7H11NO/c1-19(17-21-9-8-12-24(18-21)28-4)29-26-20(2)25(22-10-6-5-7-11-22)15-13-23(27-3)14-16-25;1-2-8-6-7-4-3-5-9-7/h5-12,18,23H,1,13-17H2,2-4H3;1,7-8H,3-6H2/b26-20+;. The molecule has 1 aliphatic carbocycles. The Bertz CT molecular complexity index is 1060. The third kappa shape index (κ3) is 8.37. The van der Waals surface area contributed by atoms with Gasteiger partial charge in [-0.05, 0) is 68.7 Å². The second-order valence-corrected chi connectivity index (χ2v) is 9.88. The lowest BCUT2D eigenvalue weighted by Crippen LogP contribution is -2.40. The molecule has 2 fully saturated rings. The topological polar surface area (TPSA) is 61.3 Å². The quantitative estimate of drug-likeness (QED) is 0.137. The van der Waals surface area contributed by atoms with Crippen molar-refractivity contribution in [3.63, 3.8) is 0 Å². The Balaban J connectivity index is 0.000000375. The van der Waals surface area contributed by atoms with Crippen molar-refractivity contribution >= 4 is 5.71 Å². The summed E-state index contributed by atoms with van der Waals surface area (Å²) in [5.41, 5.74) is 3.25. The highest BCUT2D eigenvalue weighted by atomic mass is 16.6. The Morgan fingerprint density at radius 1 is 1.13 bits per heavy atom. The van der Waals surface area contributed by atoms with Crippen LogP contribution in [0.4, 0.5) is 0 Å². The zero-order chi connectivity index (χ0) is 27.2. The van der Waals surface area contributed by atoms with E-state index in [9.17, 15) is 0 Å². The van der Waals surface area contributed by atoms with Crippen LogP contribution in [0.5, 0.6) is 5.75 Å². The maximum absolute atomic E-state index is 5.76. The molecule has 2 aromatic carbocycles. The Kier molecular flexibility index (Phi) is 11.7. The summed E-state index contributed by atoms with van der Waals surface area (Å²) in [4.78, 5) is 5.76. The van der Waals surface area contributed by atoms with Gasteiger partial charge in [0, 0.05) is 38.1 Å². The number of methoxy groups -OCH3 is 2. The molecule has 1 saturated heterocycles. The van der Waals surface area contributed by atoms with Crippen LogP contribution in [0.15, 0.2) is 72.1 Å². The minimum atomic E-state index is -0.119. The first-order valence-electron chi connectivity index (χ1n) is 13.4. The minimum absolute atomic E-state index is 0.119. The second kappa shape index (κ2) is 15.2. The number of nitrogens with one attached hydrogen (secondary N) is 1. The molecule has 6 nitrogen and oxygen atoms in total. The van der Waals surface area contributed by atoms with Gasteiger partial charge in [-0.15, -0.1) is 0 Å². The summed E-state index contributed by atoms with van der Waals surface area (Å²) < 4.78 is 16.2. The van der Waals surface area contributed by atoms with Crippen LogP contribution in [0, 0.1) is 12.5 Å². The molecule has 6 heteroatoms. The van der Waals surface area contributed by atoms with Crippen LogP contribution in [-0.4, -0.2) is 45.3 Å². The van der Waals surface area contributed by atoms with Crippen LogP contribution in [0.3, 0.4) is 0 Å². The highest BCUT2D eigenvalue weighted by Gasteiger charge is 2.40. The van der Waals surface area contributed by atoms with Gasteiger partial charge in [0.1, 0.15) is 11.5 Å². The van der Waals surface area contributed by atoms with Crippen LogP contribution in [-0.2, 0) is 26.1 Å². The number of oxime groups is 1. The van der Waals surface area contributed by atoms with Crippen molar-refractivity contribution in [1.82, 2.24) is 5.32 Å². The van der Waals surface area contributed by atoms with Gasteiger partial charge in [0.2, 0.25) is 0 Å². The lowest BCUT2D eigenvalue weighted by Gasteiger charge is -2.40. The first-order valence-corrected chi connectivity index (χ1v) is 13.4. The van der Waals surface area contributed by atoms with Crippen LogP contribution >= 0.6 is 0 Å². The summed E-state index contributed by atoms with van der Waals surface area (Å²) in [6, 6.07) is 20.9. The molecule has 0 radical (unpaired) electrons. The molecular formula is C32H42N2O4. The number of hydrogen-bond acceptors (Lipinski definition) is 6. The SMILES string of the molecule is C#CNCC1CCCO1.C=C(Cc1cccc(OC)c1)O/N=C(\C)C1(c2ccccc2)CCC(OC)CC1. The fourth-order valence-electron chi connectivity index (χ4n) is 5.18. The number of rotatable bonds is 10. The molecule has 1 saturated carbocycles. The van der Waals surface area contributed by atoms with Gasteiger partial charge in [-0.25, -0.2) is 0 Å². The molecule has 204 valence electrons. The lowest BCUT2D eigenvalue weighted by molar-refractivity contribution is 0.0582. The minimum Gasteiger partial charge on any atom is -0.497 e. The monoisotopic (exact) mass is 518 g/mol. The van der Waals surface area contributed by atoms with Crippen LogP contribution in [0.2, 0.25) is 0 Å². The highest BCUT2D eigenvalue weighted by Crippen LogP contribution is 2.41. The van der Waals surface area contributed by atoms with E-state index in [-0.39, 0.29) is 5.41 Å². The largest absolute Gasteiger partial charge is 0.497 e. The van der Waals surface area contributed by atoms with E-state index in [1.54, 1.807) is 14.2 Å². The highest BCUT2D eigenvalue weighted by molar-refractivity contribution is 5.92. The summed E-state index contributed by atoms with van der Waals surface area (Å²) in [6.07, 6.45) is 12.6. The van der Waals surface area contributed by atoms with Gasteiger partial charge in [-0.2, -0.15) is 0 Å². The molecule has 38 heavy (non-hydrogen) atoms. The smallest absolute Gasteiger partial charge is 0.132 e. The van der Waals surface area contributed by atoms with Crippen molar-refractivity contribution in [3.8, 4) is 18.2 Å². The van der Waals surface area contributed by atoms with Gasteiger partial charge in [0.25, 0.3) is 0 Å². The predicted molar refractivity (Wildman–Crippen MR) is 153 cm³/mol. The van der Waals surface area contributed by atoms with E-state index in [2.05, 4.69) is 60.4 Å². The van der Waals surface area contributed by atoms with Crippen molar-refractivity contribution in [2.75, 3.05) is 27.4 Å². The molecule has 0 bridgehead atoms. The zero-order valence-corrected chi connectivity index (χ0v) is 23.1. The Labute approximate surface area is 228 Å². The number of terminal acetylenes is 1. The third-order valence-electron chi connectivity index (χ3n) is 7.44. The Morgan fingerprint density at radius 2 is 1.89 bits per heavy atom. The molecule has 4 rings (SSSR count). The van der Waals surface area contributed by atoms with Crippen molar-refractivity contribution in [2.24, 2.45) is 5.16 Å². The van der Waals surface area contributed by atoms with E-state index < -0.39 is 0 Å². The number of ether oxygens (including phenoxy) is 3. The van der Waals surface area contributed by atoms with Crippen LogP contribution in [0.1, 0.15) is 56.6 Å². The summed E-state index contributed by atoms with van der Waals surface area (Å²) >= 11 is 0. The maximum Gasteiger partial charge on any atom is 0.132 e. The van der Waals surface area contributed by atoms with E-state index in [4.69, 9.17) is 25.5 Å². The van der Waals surface area contributed by atoms with E-state index >= 15 is 0 Å². The van der Waals surface area contributed by atoms with Crippen molar-refractivity contribution in [1.29, 1.82) is 0 Å². The second-order valence-electron chi connectivity index (χ2n) is 9.88. The fraction of sp³-hybridized carbons (Fsp3) is 0.469. The number of hydrogen-bond donors (Lipinski definition) is 1. The maximum atomic E-state index is 5.76. The van der Waals surface area contributed by atoms with Crippen LogP contribution < -0.4 is 10.1 Å². The first-order chi connectivity index (χ1) is 18.5. The van der Waals surface area contributed by atoms with Gasteiger partial charge in [0.05, 0.1) is 25.0 Å². The van der Waals surface area contributed by atoms with E-state index in [1.165, 1.54) is 12.0 Å². The van der Waals surface area contributed by atoms with E-state index in [1.807, 2.05) is 24.3 Å². The average molecular weight is 519 g/mol. The van der Waals surface area contributed by atoms with Crippen molar-refractivity contribution in [2.45, 2.75) is 69.5 Å². The van der Waals surface area contributed by atoms with Gasteiger partial charge < -0.3 is 24.4 Å². The molecule has 1 heterocycles. The molecule has 1 aliphatic heterocycles. The molecule has 2 aliphatic rings. The number of allylic oxidation sites excluding steroid dienone is 1. The van der Waals surface area contributed by atoms with Crippen molar-refractivity contribution < 1.29 is 19.0 Å². The van der Waals surface area contributed by atoms with Crippen molar-refractivity contribution in [3.05, 3.63) is 78.1 Å². The average Bonchev–Trinajstić information content (AvgIpc) is 3.49. The zero-order valence-electron chi connectivity index (χ0n) is 23.1. The Hall–Kier alpha value is -3.27. The molecule has 0 aromatic heterocycles. The molecule has 0 amide bonds. The molecular weight excluding hydrogens is 476 g/mol. The normalized spacial score (nSPS) is 22.9. The Morgan fingerprint density at radius 3 is 2.53 bits per heavy atom. The van der Waals surface area contributed by atoms with Gasteiger partial charge in [-0.3, -0.25) is 0 Å². The van der Waals surface area contributed by atoms with Gasteiger partial charge in [0.15, 0.2) is 0 Å². The third-order valence-corrected chi connectivity index (χ3v) is 7.44. The lowest BCUT2D eigenvalue weighted by atomic mass is 9.66. The summed E-state index contributed by atoms with van der Waals surface area (Å²) in [5.74, 6) is 1.44. The molecule has 1 atom stereocenters. The fourth-order valence-corrected chi connectivity index (χ4v) is 5.18. The summed E-state index contributed by atoms with van der Waals surface area (Å²) in [6.45, 7) is 7.82. The first kappa shape index (κ1) is 29.3. The molecule has 0 spiro atoms. The predicted octanol–water partition coefficient (Wildman–Crippen LogP) is 6.02. The van der Waals surface area contributed by atoms with E-state index in [0.29, 0.717) is 24.4 Å². The van der Waals surface area contributed by atoms with Gasteiger partial charge >= 0.3 is 0 Å². The van der Waals surface area contributed by atoms with Gasteiger partial charge in [-0.1, -0.05) is 60.6 Å². The summed E-state index contributed by atoms with van der Waals surface area (Å²) in [7, 11) is 3.46. The number of benzene rings is 2. The van der Waals surface area contributed by atoms with Crippen LogP contribution in [0.25, 0.3) is 0 Å². The number of nitrogens with zero attached hydrogens (tertiary/aromatic N) is 1. The van der Waals surface area contributed by atoms with E-state index in [0.717, 1.165) is 62.3 Å².